The minimum absolute atomic E-state index is 0. The van der Waals surface area contributed by atoms with Crippen molar-refractivity contribution >= 4 is 49.1 Å². The van der Waals surface area contributed by atoms with E-state index in [-0.39, 0.29) is 31.0 Å². The van der Waals surface area contributed by atoms with Crippen molar-refractivity contribution in [3.8, 4) is 0 Å². The van der Waals surface area contributed by atoms with Gasteiger partial charge >= 0.3 is 29.6 Å². The summed E-state index contributed by atoms with van der Waals surface area (Å²) in [4.78, 5) is 4.14. The molecule has 0 fully saturated rings. The van der Waals surface area contributed by atoms with Crippen LogP contribution in [0.2, 0.25) is 5.15 Å². The summed E-state index contributed by atoms with van der Waals surface area (Å²) < 4.78 is 1.05. The number of rotatable bonds is 0. The third-order valence-electron chi connectivity index (χ3n) is 2.67. The molecule has 0 unspecified atom stereocenters. The Balaban J connectivity index is 0.000000810. The van der Waals surface area contributed by atoms with Gasteiger partial charge in [-0.1, -0.05) is 51.8 Å². The molecule has 3 rings (SSSR count). The molecule has 0 aliphatic heterocycles. The molecular formula is C13H8BrClNNa. The second kappa shape index (κ2) is 5.25. The van der Waals surface area contributed by atoms with Gasteiger partial charge in [-0.15, -0.1) is 0 Å². The topological polar surface area (TPSA) is 12.9 Å². The number of hydrogen-bond donors (Lipinski definition) is 0. The summed E-state index contributed by atoms with van der Waals surface area (Å²) in [5, 5.41) is 4.96. The van der Waals surface area contributed by atoms with Crippen molar-refractivity contribution in [2.45, 2.75) is 0 Å². The van der Waals surface area contributed by atoms with Gasteiger partial charge in [-0.25, -0.2) is 4.98 Å². The Bertz CT molecular complexity index is 705. The van der Waals surface area contributed by atoms with Crippen LogP contribution in [-0.2, 0) is 0 Å². The Morgan fingerprint density at radius 3 is 2.71 bits per heavy atom. The number of nitrogens with zero attached hydrogens (tertiary/aromatic N) is 1. The number of aromatic nitrogens is 1. The number of halogens is 2. The molecular weight excluding hydrogens is 308 g/mol. The van der Waals surface area contributed by atoms with Crippen LogP contribution in [0.15, 0.2) is 47.1 Å². The molecule has 1 nitrogen and oxygen atoms in total. The summed E-state index contributed by atoms with van der Waals surface area (Å²) in [5.41, 5.74) is 0. The van der Waals surface area contributed by atoms with Crippen LogP contribution in [0, 0.1) is 0 Å². The fourth-order valence-electron chi connectivity index (χ4n) is 1.96. The number of hydrogen-bond acceptors (Lipinski definition) is 1. The van der Waals surface area contributed by atoms with Crippen LogP contribution in [0.5, 0.6) is 0 Å². The molecule has 0 saturated heterocycles. The average molecular weight is 317 g/mol. The van der Waals surface area contributed by atoms with Crippen molar-refractivity contribution in [1.29, 1.82) is 0 Å². The second-order valence-electron chi connectivity index (χ2n) is 3.60. The molecule has 0 atom stereocenters. The van der Waals surface area contributed by atoms with Crippen LogP contribution in [0.3, 0.4) is 0 Å². The van der Waals surface area contributed by atoms with E-state index in [2.05, 4.69) is 39.1 Å². The third-order valence-corrected chi connectivity index (χ3v) is 3.62. The van der Waals surface area contributed by atoms with Crippen LogP contribution in [-0.4, -0.2) is 4.98 Å². The Morgan fingerprint density at radius 1 is 1.12 bits per heavy atom. The van der Waals surface area contributed by atoms with Crippen LogP contribution in [0.4, 0.5) is 0 Å². The van der Waals surface area contributed by atoms with Gasteiger partial charge in [0.05, 0.1) is 0 Å². The number of fused-ring (bicyclic) bond motifs is 3. The molecule has 17 heavy (non-hydrogen) atoms. The van der Waals surface area contributed by atoms with Crippen LogP contribution in [0.1, 0.15) is 1.43 Å². The van der Waals surface area contributed by atoms with E-state index >= 15 is 0 Å². The van der Waals surface area contributed by atoms with Crippen molar-refractivity contribution in [1.82, 2.24) is 4.98 Å². The Hall–Kier alpha value is -0.120. The van der Waals surface area contributed by atoms with Gasteiger partial charge in [-0.05, 0) is 22.9 Å². The van der Waals surface area contributed by atoms with Crippen molar-refractivity contribution in [3.63, 3.8) is 0 Å². The summed E-state index contributed by atoms with van der Waals surface area (Å²) >= 11 is 9.74. The van der Waals surface area contributed by atoms with Crippen LogP contribution in [0.25, 0.3) is 21.5 Å². The molecule has 80 valence electrons. The first-order valence-electron chi connectivity index (χ1n) is 4.89. The minimum atomic E-state index is 0. The molecule has 3 aromatic rings. The van der Waals surface area contributed by atoms with E-state index < -0.39 is 0 Å². The molecule has 0 amide bonds. The van der Waals surface area contributed by atoms with Crippen LogP contribution < -0.4 is 29.6 Å². The van der Waals surface area contributed by atoms with Crippen LogP contribution >= 0.6 is 27.5 Å². The number of pyridine rings is 1. The zero-order valence-corrected chi connectivity index (χ0v) is 13.6. The number of benzene rings is 2. The van der Waals surface area contributed by atoms with Gasteiger partial charge in [0, 0.05) is 21.4 Å². The van der Waals surface area contributed by atoms with Gasteiger partial charge in [-0.3, -0.25) is 0 Å². The molecule has 0 saturated carbocycles. The first kappa shape index (κ1) is 13.3. The smallest absolute Gasteiger partial charge is 1.00 e. The maximum absolute atomic E-state index is 6.18. The van der Waals surface area contributed by atoms with Crippen molar-refractivity contribution in [2.24, 2.45) is 0 Å². The summed E-state index contributed by atoms with van der Waals surface area (Å²) in [7, 11) is 0. The zero-order chi connectivity index (χ0) is 11.1. The van der Waals surface area contributed by atoms with Gasteiger partial charge < -0.3 is 1.43 Å². The zero-order valence-electron chi connectivity index (χ0n) is 10.2. The minimum Gasteiger partial charge on any atom is -1.00 e. The van der Waals surface area contributed by atoms with E-state index in [4.69, 9.17) is 11.6 Å². The Kier molecular flexibility index (Phi) is 4.11. The predicted octanol–water partition coefficient (Wildman–Crippen LogP) is 1.92. The molecule has 0 radical (unpaired) electrons. The van der Waals surface area contributed by atoms with Gasteiger partial charge in [0.25, 0.3) is 0 Å². The first-order valence-corrected chi connectivity index (χ1v) is 6.06. The van der Waals surface area contributed by atoms with E-state index in [1.165, 1.54) is 0 Å². The summed E-state index contributed by atoms with van der Waals surface area (Å²) in [6.07, 6.45) is 1.73. The van der Waals surface area contributed by atoms with E-state index in [1.54, 1.807) is 6.20 Å². The fourth-order valence-corrected chi connectivity index (χ4v) is 2.79. The Labute approximate surface area is 136 Å². The molecule has 1 aromatic heterocycles. The van der Waals surface area contributed by atoms with Crippen molar-refractivity contribution < 1.29 is 31.0 Å². The molecule has 0 N–H and O–H groups in total. The van der Waals surface area contributed by atoms with Gasteiger partial charge in [-0.2, -0.15) is 0 Å². The molecule has 2 aromatic carbocycles. The first-order chi connectivity index (χ1) is 7.77. The average Bonchev–Trinajstić information content (AvgIpc) is 2.30. The summed E-state index contributed by atoms with van der Waals surface area (Å²) in [6.45, 7) is 0. The summed E-state index contributed by atoms with van der Waals surface area (Å²) in [5.74, 6) is 0. The summed E-state index contributed by atoms with van der Waals surface area (Å²) in [6, 6.07) is 12.2. The fraction of sp³-hybridized carbons (Fsp3) is 0. The predicted molar refractivity (Wildman–Crippen MR) is 73.1 cm³/mol. The normalized spacial score (nSPS) is 10.5. The molecule has 1 heterocycles. The van der Waals surface area contributed by atoms with Gasteiger partial charge in [0.2, 0.25) is 0 Å². The largest absolute Gasteiger partial charge is 1.00 e. The van der Waals surface area contributed by atoms with Crippen molar-refractivity contribution in [3.05, 3.63) is 52.2 Å². The quantitative estimate of drug-likeness (QED) is 0.351. The monoisotopic (exact) mass is 315 g/mol. The Morgan fingerprint density at radius 2 is 1.88 bits per heavy atom. The van der Waals surface area contributed by atoms with E-state index in [0.717, 1.165) is 26.0 Å². The van der Waals surface area contributed by atoms with Gasteiger partial charge in [0.1, 0.15) is 5.15 Å². The molecule has 4 heteroatoms. The second-order valence-corrected chi connectivity index (χ2v) is 4.82. The van der Waals surface area contributed by atoms with E-state index in [0.29, 0.717) is 5.15 Å². The van der Waals surface area contributed by atoms with Crippen molar-refractivity contribution in [2.75, 3.05) is 0 Å². The molecule has 0 bridgehead atoms. The molecule has 0 aliphatic carbocycles. The molecule has 0 spiro atoms. The maximum Gasteiger partial charge on any atom is 1.00 e. The standard InChI is InChI=1S/C13H7BrClN.Na.H/c14-11-7-8-3-1-2-4-9(8)12-10(11)5-6-16-13(12)15;;/h1-7H;;/q;+1;-1. The third kappa shape index (κ3) is 2.25. The molecule has 0 aliphatic rings. The SMILES string of the molecule is Clc1nccc2c(Br)cc3ccccc3c12.[H-].[Na+]. The van der Waals surface area contributed by atoms with Gasteiger partial charge in [0.15, 0.2) is 0 Å². The van der Waals surface area contributed by atoms with E-state index in [1.807, 2.05) is 18.2 Å². The van der Waals surface area contributed by atoms with E-state index in [9.17, 15) is 0 Å². The maximum atomic E-state index is 6.18.